The minimum Gasteiger partial charge on any atom is -0.399 e. The number of aromatic nitrogens is 1. The molecule has 0 aliphatic heterocycles. The Balaban J connectivity index is 0.00000121. The number of nitrogens with zero attached hydrogens (tertiary/aromatic N) is 1. The maximum atomic E-state index is 5.85. The van der Waals surface area contributed by atoms with Crippen molar-refractivity contribution in [2.24, 2.45) is 0 Å². The zero-order valence-electron chi connectivity index (χ0n) is 14.9. The summed E-state index contributed by atoms with van der Waals surface area (Å²) in [7, 11) is 0. The second kappa shape index (κ2) is 9.31. The molecule has 26 heavy (non-hydrogen) atoms. The molecule has 1 aliphatic carbocycles. The van der Waals surface area contributed by atoms with Gasteiger partial charge in [-0.2, -0.15) is 0 Å². The monoisotopic (exact) mass is 391 g/mol. The lowest BCUT2D eigenvalue weighted by atomic mass is 9.93. The van der Waals surface area contributed by atoms with Gasteiger partial charge in [-0.1, -0.05) is 18.2 Å². The van der Waals surface area contributed by atoms with Gasteiger partial charge in [-0.05, 0) is 79.6 Å². The van der Waals surface area contributed by atoms with Crippen LogP contribution < -0.4 is 11.1 Å². The third-order valence-corrected chi connectivity index (χ3v) is 5.09. The summed E-state index contributed by atoms with van der Waals surface area (Å²) < 4.78 is 2.42. The van der Waals surface area contributed by atoms with Gasteiger partial charge in [0.1, 0.15) is 0 Å². The standard InChI is InChI=1S/C21H25N3.2ClH/c22-17-7-5-6-16(14-17)15-23-12-11-19-18-8-1-2-9-20(18)24-13-4-3-10-21(19)24;;/h3-7,10,13-14,23H,1-2,8-9,11-12,15,22H2;2*1H. The molecule has 0 fully saturated rings. The molecule has 0 unspecified atom stereocenters. The van der Waals surface area contributed by atoms with Crippen LogP contribution in [0.4, 0.5) is 5.69 Å². The van der Waals surface area contributed by atoms with E-state index in [0.717, 1.165) is 25.2 Å². The molecule has 3 aromatic rings. The molecule has 4 rings (SSSR count). The molecule has 5 heteroatoms. The molecule has 2 heterocycles. The van der Waals surface area contributed by atoms with Crippen LogP contribution in [0.3, 0.4) is 0 Å². The van der Waals surface area contributed by atoms with Crippen molar-refractivity contribution in [3.63, 3.8) is 0 Å². The summed E-state index contributed by atoms with van der Waals surface area (Å²) in [4.78, 5) is 0. The van der Waals surface area contributed by atoms with Crippen LogP contribution in [0.1, 0.15) is 35.2 Å². The van der Waals surface area contributed by atoms with E-state index in [1.807, 2.05) is 18.2 Å². The maximum Gasteiger partial charge on any atom is 0.0488 e. The van der Waals surface area contributed by atoms with E-state index in [1.54, 1.807) is 16.8 Å². The Bertz CT molecular complexity index is 858. The van der Waals surface area contributed by atoms with Gasteiger partial charge < -0.3 is 15.5 Å². The Kier molecular flexibility index (Phi) is 7.39. The van der Waals surface area contributed by atoms with Crippen LogP contribution in [0.2, 0.25) is 0 Å². The van der Waals surface area contributed by atoms with Crippen LogP contribution in [0.15, 0.2) is 48.7 Å². The molecule has 3 N–H and O–H groups in total. The average Bonchev–Trinajstić information content (AvgIpc) is 2.93. The van der Waals surface area contributed by atoms with Crippen LogP contribution in [-0.4, -0.2) is 10.9 Å². The number of hydrogen-bond donors (Lipinski definition) is 2. The molecule has 0 bridgehead atoms. The molecular formula is C21H27Cl2N3. The van der Waals surface area contributed by atoms with E-state index in [0.29, 0.717) is 0 Å². The van der Waals surface area contributed by atoms with Crippen molar-refractivity contribution in [3.8, 4) is 0 Å². The molecule has 140 valence electrons. The molecule has 1 aliphatic rings. The number of nitrogens with two attached hydrogens (primary N) is 1. The first-order chi connectivity index (χ1) is 11.8. The first-order valence-electron chi connectivity index (χ1n) is 8.98. The van der Waals surface area contributed by atoms with Gasteiger partial charge in [0.15, 0.2) is 0 Å². The zero-order chi connectivity index (χ0) is 16.4. The Morgan fingerprint density at radius 2 is 1.85 bits per heavy atom. The van der Waals surface area contributed by atoms with E-state index in [4.69, 9.17) is 5.73 Å². The highest BCUT2D eigenvalue weighted by Crippen LogP contribution is 2.30. The number of nitrogens with one attached hydrogen (secondary N) is 1. The van der Waals surface area contributed by atoms with Gasteiger partial charge in [0.2, 0.25) is 0 Å². The molecule has 0 atom stereocenters. The van der Waals surface area contributed by atoms with Crippen LogP contribution in [0.25, 0.3) is 5.52 Å². The Morgan fingerprint density at radius 1 is 1.00 bits per heavy atom. The fourth-order valence-electron chi connectivity index (χ4n) is 3.99. The normalized spacial score (nSPS) is 12.9. The minimum absolute atomic E-state index is 0. The number of anilines is 1. The molecule has 0 saturated carbocycles. The fraction of sp³-hybridized carbons (Fsp3) is 0.333. The van der Waals surface area contributed by atoms with Gasteiger partial charge in [-0.15, -0.1) is 24.8 Å². The van der Waals surface area contributed by atoms with E-state index < -0.39 is 0 Å². The SMILES string of the molecule is Cl.Cl.Nc1cccc(CNCCc2c3c(n4ccccc24)CCCC3)c1. The van der Waals surface area contributed by atoms with Crippen LogP contribution in [0, 0.1) is 0 Å². The molecule has 0 amide bonds. The second-order valence-electron chi connectivity index (χ2n) is 6.74. The lowest BCUT2D eigenvalue weighted by Gasteiger charge is -2.13. The predicted octanol–water partition coefficient (Wildman–Crippen LogP) is 4.58. The van der Waals surface area contributed by atoms with Crippen molar-refractivity contribution in [1.29, 1.82) is 0 Å². The van der Waals surface area contributed by atoms with Crippen molar-refractivity contribution in [2.45, 2.75) is 38.6 Å². The highest BCUT2D eigenvalue weighted by atomic mass is 35.5. The van der Waals surface area contributed by atoms with Crippen molar-refractivity contribution in [1.82, 2.24) is 9.72 Å². The maximum absolute atomic E-state index is 5.85. The first-order valence-corrected chi connectivity index (χ1v) is 8.98. The van der Waals surface area contributed by atoms with Gasteiger partial charge in [-0.25, -0.2) is 0 Å². The molecule has 0 spiro atoms. The number of aryl methyl sites for hydroxylation is 1. The predicted molar refractivity (Wildman–Crippen MR) is 115 cm³/mol. The van der Waals surface area contributed by atoms with Gasteiger partial charge in [0.25, 0.3) is 0 Å². The largest absolute Gasteiger partial charge is 0.399 e. The van der Waals surface area contributed by atoms with E-state index >= 15 is 0 Å². The second-order valence-corrected chi connectivity index (χ2v) is 6.74. The number of fused-ring (bicyclic) bond motifs is 3. The summed E-state index contributed by atoms with van der Waals surface area (Å²) in [5.74, 6) is 0. The molecule has 0 saturated heterocycles. The Labute approximate surface area is 167 Å². The van der Waals surface area contributed by atoms with Gasteiger partial charge in [-0.3, -0.25) is 0 Å². The van der Waals surface area contributed by atoms with Crippen molar-refractivity contribution in [3.05, 3.63) is 71.0 Å². The summed E-state index contributed by atoms with van der Waals surface area (Å²) in [5.41, 5.74) is 14.0. The molecular weight excluding hydrogens is 365 g/mol. The number of nitrogen functional groups attached to an aromatic ring is 1. The van der Waals surface area contributed by atoms with Crippen LogP contribution >= 0.6 is 24.8 Å². The lowest BCUT2D eigenvalue weighted by molar-refractivity contribution is 0.656. The first kappa shape index (κ1) is 20.6. The van der Waals surface area contributed by atoms with Crippen molar-refractivity contribution in [2.75, 3.05) is 12.3 Å². The summed E-state index contributed by atoms with van der Waals surface area (Å²) in [6.07, 6.45) is 8.42. The van der Waals surface area contributed by atoms with Crippen LogP contribution in [0.5, 0.6) is 0 Å². The summed E-state index contributed by atoms with van der Waals surface area (Å²) >= 11 is 0. The summed E-state index contributed by atoms with van der Waals surface area (Å²) in [6, 6.07) is 14.7. The molecule has 0 radical (unpaired) electrons. The van der Waals surface area contributed by atoms with Gasteiger partial charge >= 0.3 is 0 Å². The third-order valence-electron chi connectivity index (χ3n) is 5.09. The van der Waals surface area contributed by atoms with Crippen LogP contribution in [-0.2, 0) is 25.8 Å². The molecule has 3 nitrogen and oxygen atoms in total. The third kappa shape index (κ3) is 4.17. The highest BCUT2D eigenvalue weighted by Gasteiger charge is 2.19. The van der Waals surface area contributed by atoms with E-state index in [1.165, 1.54) is 36.8 Å². The molecule has 2 aromatic heterocycles. The van der Waals surface area contributed by atoms with Crippen molar-refractivity contribution < 1.29 is 0 Å². The van der Waals surface area contributed by atoms with Gasteiger partial charge in [0.05, 0.1) is 0 Å². The Hall–Kier alpha value is -1.68. The number of rotatable bonds is 5. The Morgan fingerprint density at radius 3 is 2.69 bits per heavy atom. The minimum atomic E-state index is 0. The summed E-state index contributed by atoms with van der Waals surface area (Å²) in [6.45, 7) is 1.87. The zero-order valence-corrected chi connectivity index (χ0v) is 16.5. The number of benzene rings is 1. The molecule has 1 aromatic carbocycles. The van der Waals surface area contributed by atoms with Crippen molar-refractivity contribution >= 4 is 36.0 Å². The number of halogens is 2. The van der Waals surface area contributed by atoms with E-state index in [-0.39, 0.29) is 24.8 Å². The topological polar surface area (TPSA) is 42.5 Å². The fourth-order valence-corrected chi connectivity index (χ4v) is 3.99. The van der Waals surface area contributed by atoms with E-state index in [9.17, 15) is 0 Å². The number of hydrogen-bond acceptors (Lipinski definition) is 2. The quantitative estimate of drug-likeness (QED) is 0.493. The van der Waals surface area contributed by atoms with Gasteiger partial charge in [0, 0.05) is 29.6 Å². The lowest BCUT2D eigenvalue weighted by Crippen LogP contribution is -2.17. The number of pyridine rings is 1. The van der Waals surface area contributed by atoms with E-state index in [2.05, 4.69) is 40.2 Å². The smallest absolute Gasteiger partial charge is 0.0488 e. The average molecular weight is 392 g/mol. The summed E-state index contributed by atoms with van der Waals surface area (Å²) in [5, 5.41) is 3.57. The highest BCUT2D eigenvalue weighted by molar-refractivity contribution is 5.85.